The molecule has 0 aliphatic carbocycles. The summed E-state index contributed by atoms with van der Waals surface area (Å²) in [6, 6.07) is 5.79. The third-order valence-corrected chi connectivity index (χ3v) is 2.10. The highest BCUT2D eigenvalue weighted by atomic mass is 16.1. The molecular weight excluding hydrogens is 212 g/mol. The van der Waals surface area contributed by atoms with Crippen LogP contribution in [0.1, 0.15) is 25.0 Å². The summed E-state index contributed by atoms with van der Waals surface area (Å²) in [6.07, 6.45) is 0. The number of benzene rings is 1. The molecule has 1 aromatic rings. The van der Waals surface area contributed by atoms with Crippen LogP contribution in [-0.4, -0.2) is 20.0 Å². The number of amides is 1. The molecule has 2 rings (SSSR count). The first-order valence-corrected chi connectivity index (χ1v) is 5.80. The molecule has 2 N–H and O–H groups in total. The number of rotatable bonds is 0. The summed E-state index contributed by atoms with van der Waals surface area (Å²) in [4.78, 5) is 11.2. The zero-order chi connectivity index (χ0) is 13.4. The maximum absolute atomic E-state index is 11.2. The van der Waals surface area contributed by atoms with E-state index in [1.54, 1.807) is 0 Å². The van der Waals surface area contributed by atoms with Gasteiger partial charge in [0, 0.05) is 16.8 Å². The summed E-state index contributed by atoms with van der Waals surface area (Å²) in [5.41, 5.74) is 3.51. The maximum atomic E-state index is 11.2. The number of nitrogens with one attached hydrogen (secondary N) is 2. The van der Waals surface area contributed by atoms with E-state index < -0.39 is 0 Å². The second-order valence-electron chi connectivity index (χ2n) is 3.43. The lowest BCUT2D eigenvalue weighted by atomic mass is 10.0. The normalized spacial score (nSPS) is 11.6. The Morgan fingerprint density at radius 1 is 1.24 bits per heavy atom. The average molecular weight is 234 g/mol. The molecule has 0 bridgehead atoms. The van der Waals surface area contributed by atoms with Crippen LogP contribution in [0.2, 0.25) is 0 Å². The van der Waals surface area contributed by atoms with Crippen molar-refractivity contribution < 1.29 is 4.79 Å². The van der Waals surface area contributed by atoms with Gasteiger partial charge in [0.25, 0.3) is 5.91 Å². The molecule has 0 saturated heterocycles. The highest BCUT2D eigenvalue weighted by molar-refractivity contribution is 6.31. The van der Waals surface area contributed by atoms with E-state index in [-0.39, 0.29) is 5.91 Å². The second kappa shape index (κ2) is 7.63. The molecule has 1 aromatic carbocycles. The Morgan fingerprint density at radius 2 is 1.76 bits per heavy atom. The van der Waals surface area contributed by atoms with Crippen LogP contribution in [-0.2, 0) is 4.79 Å². The van der Waals surface area contributed by atoms with Crippen molar-refractivity contribution in [1.82, 2.24) is 5.32 Å². The molecule has 0 radical (unpaired) electrons. The minimum atomic E-state index is -0.0840. The van der Waals surface area contributed by atoms with Gasteiger partial charge in [-0.1, -0.05) is 32.6 Å². The van der Waals surface area contributed by atoms with Crippen LogP contribution in [0.25, 0.3) is 5.57 Å². The van der Waals surface area contributed by atoms with E-state index in [9.17, 15) is 4.79 Å². The van der Waals surface area contributed by atoms with Gasteiger partial charge in [-0.2, -0.15) is 0 Å². The van der Waals surface area contributed by atoms with Crippen LogP contribution in [0.3, 0.4) is 0 Å². The number of aryl methyl sites for hydroxylation is 1. The molecule has 0 fully saturated rings. The molecule has 1 heterocycles. The van der Waals surface area contributed by atoms with Crippen LogP contribution in [0.15, 0.2) is 24.8 Å². The fourth-order valence-electron chi connectivity index (χ4n) is 1.48. The van der Waals surface area contributed by atoms with Crippen LogP contribution in [0.4, 0.5) is 5.69 Å². The SMILES string of the molecule is C=C1C(=O)Nc2cccc(C)c21.CC.CNC. The highest BCUT2D eigenvalue weighted by Crippen LogP contribution is 2.32. The molecule has 94 valence electrons. The molecule has 0 unspecified atom stereocenters. The molecule has 3 nitrogen and oxygen atoms in total. The van der Waals surface area contributed by atoms with Gasteiger partial charge in [0.1, 0.15) is 0 Å². The van der Waals surface area contributed by atoms with Crippen molar-refractivity contribution in [2.45, 2.75) is 20.8 Å². The standard InChI is InChI=1S/C10H9NO.C2H7N.C2H6/c1-6-4-3-5-8-9(6)7(2)10(12)11-8;1-3-2;1-2/h3-5H,2H2,1H3,(H,11,12);3H,1-2H3;1-2H3. The number of fused-ring (bicyclic) bond motifs is 1. The zero-order valence-corrected chi connectivity index (χ0v) is 11.3. The number of carbonyl (C=O) groups is 1. The van der Waals surface area contributed by atoms with Crippen LogP contribution in [0, 0.1) is 6.92 Å². The summed E-state index contributed by atoms with van der Waals surface area (Å²) >= 11 is 0. The summed E-state index contributed by atoms with van der Waals surface area (Å²) in [5.74, 6) is -0.0840. The third-order valence-electron chi connectivity index (χ3n) is 2.10. The van der Waals surface area contributed by atoms with Crippen molar-refractivity contribution in [2.75, 3.05) is 19.4 Å². The quantitative estimate of drug-likeness (QED) is 0.678. The minimum Gasteiger partial charge on any atom is -0.323 e. The van der Waals surface area contributed by atoms with Crippen LogP contribution in [0.5, 0.6) is 0 Å². The van der Waals surface area contributed by atoms with Crippen molar-refractivity contribution in [3.05, 3.63) is 35.9 Å². The Morgan fingerprint density at radius 3 is 2.24 bits per heavy atom. The van der Waals surface area contributed by atoms with Crippen molar-refractivity contribution in [1.29, 1.82) is 0 Å². The van der Waals surface area contributed by atoms with Crippen LogP contribution >= 0.6 is 0 Å². The van der Waals surface area contributed by atoms with E-state index in [0.29, 0.717) is 5.57 Å². The summed E-state index contributed by atoms with van der Waals surface area (Å²) < 4.78 is 0. The molecule has 0 atom stereocenters. The highest BCUT2D eigenvalue weighted by Gasteiger charge is 2.22. The maximum Gasteiger partial charge on any atom is 0.255 e. The predicted molar refractivity (Wildman–Crippen MR) is 75.2 cm³/mol. The molecule has 1 amide bonds. The average Bonchev–Trinajstić information content (AvgIpc) is 2.60. The zero-order valence-electron chi connectivity index (χ0n) is 11.3. The molecule has 0 saturated carbocycles. The molecule has 3 heteroatoms. The Kier molecular flexibility index (Phi) is 6.91. The molecule has 17 heavy (non-hydrogen) atoms. The van der Waals surface area contributed by atoms with Gasteiger partial charge in [-0.3, -0.25) is 4.79 Å². The molecule has 0 aromatic heterocycles. The van der Waals surface area contributed by atoms with E-state index in [4.69, 9.17) is 0 Å². The van der Waals surface area contributed by atoms with E-state index in [2.05, 4.69) is 17.2 Å². The molecule has 1 aliphatic heterocycles. The van der Waals surface area contributed by atoms with E-state index in [1.165, 1.54) is 0 Å². The van der Waals surface area contributed by atoms with E-state index in [1.807, 2.05) is 53.1 Å². The third kappa shape index (κ3) is 3.71. The largest absolute Gasteiger partial charge is 0.323 e. The Balaban J connectivity index is 0.000000450. The van der Waals surface area contributed by atoms with E-state index >= 15 is 0 Å². The van der Waals surface area contributed by atoms with Crippen molar-refractivity contribution in [3.63, 3.8) is 0 Å². The van der Waals surface area contributed by atoms with Crippen molar-refractivity contribution >= 4 is 17.2 Å². The fraction of sp³-hybridized carbons (Fsp3) is 0.357. The molecular formula is C14H22N2O. The monoisotopic (exact) mass is 234 g/mol. The van der Waals surface area contributed by atoms with Crippen molar-refractivity contribution in [3.8, 4) is 0 Å². The minimum absolute atomic E-state index is 0.0840. The second-order valence-corrected chi connectivity index (χ2v) is 3.43. The lowest BCUT2D eigenvalue weighted by molar-refractivity contribution is -0.110. The van der Waals surface area contributed by atoms with Crippen LogP contribution < -0.4 is 10.6 Å². The smallest absolute Gasteiger partial charge is 0.255 e. The Bertz CT molecular complexity index is 397. The van der Waals surface area contributed by atoms with Crippen molar-refractivity contribution in [2.24, 2.45) is 0 Å². The van der Waals surface area contributed by atoms with E-state index in [0.717, 1.165) is 16.8 Å². The van der Waals surface area contributed by atoms with Gasteiger partial charge >= 0.3 is 0 Å². The fourth-order valence-corrected chi connectivity index (χ4v) is 1.48. The lowest BCUT2D eigenvalue weighted by Gasteiger charge is -2.00. The topological polar surface area (TPSA) is 41.1 Å². The van der Waals surface area contributed by atoms with Gasteiger partial charge < -0.3 is 10.6 Å². The molecule has 0 spiro atoms. The molecule has 1 aliphatic rings. The Labute approximate surface area is 104 Å². The first kappa shape index (κ1) is 15.4. The van der Waals surface area contributed by atoms with Gasteiger partial charge in [-0.25, -0.2) is 0 Å². The van der Waals surface area contributed by atoms with Gasteiger partial charge in [-0.15, -0.1) is 0 Å². The summed E-state index contributed by atoms with van der Waals surface area (Å²) in [6.45, 7) is 9.70. The van der Waals surface area contributed by atoms with Gasteiger partial charge in [-0.05, 0) is 32.6 Å². The van der Waals surface area contributed by atoms with Gasteiger partial charge in [0.15, 0.2) is 0 Å². The number of hydrogen-bond acceptors (Lipinski definition) is 2. The first-order chi connectivity index (χ1) is 8.11. The first-order valence-electron chi connectivity index (χ1n) is 5.80. The number of carbonyl (C=O) groups excluding carboxylic acids is 1. The summed E-state index contributed by atoms with van der Waals surface area (Å²) in [7, 11) is 3.75. The predicted octanol–water partition coefficient (Wildman–Crippen LogP) is 2.82. The lowest BCUT2D eigenvalue weighted by Crippen LogP contribution is -2.02. The number of anilines is 1. The van der Waals surface area contributed by atoms with Gasteiger partial charge in [0.2, 0.25) is 0 Å². The Hall–Kier alpha value is -1.61. The van der Waals surface area contributed by atoms with Gasteiger partial charge in [0.05, 0.1) is 0 Å². The summed E-state index contributed by atoms with van der Waals surface area (Å²) in [5, 5.41) is 5.50. The number of hydrogen-bond donors (Lipinski definition) is 2.